The second-order valence-electron chi connectivity index (χ2n) is 6.45. The van der Waals surface area contributed by atoms with Crippen LogP contribution in [0.2, 0.25) is 0 Å². The number of carbonyl (C=O) groups excluding carboxylic acids is 1. The number of amides is 1. The summed E-state index contributed by atoms with van der Waals surface area (Å²) in [4.78, 5) is 28.1. The van der Waals surface area contributed by atoms with Crippen molar-refractivity contribution in [2.45, 2.75) is 32.4 Å². The van der Waals surface area contributed by atoms with E-state index in [2.05, 4.69) is 15.0 Å². The van der Waals surface area contributed by atoms with Gasteiger partial charge in [-0.2, -0.15) is 0 Å². The monoisotopic (exact) mass is 357 g/mol. The molecule has 2 aliphatic heterocycles. The molecule has 0 bridgehead atoms. The van der Waals surface area contributed by atoms with Crippen LogP contribution in [-0.4, -0.2) is 44.3 Å². The molecule has 136 valence electrons. The number of fused-ring (bicyclic) bond motifs is 1. The number of carbonyl (C=O) groups is 1. The molecule has 0 saturated heterocycles. The minimum Gasteiger partial charge on any atom is -0.432 e. The smallest absolute Gasteiger partial charge is 0.291 e. The zero-order valence-corrected chi connectivity index (χ0v) is 14.7. The summed E-state index contributed by atoms with van der Waals surface area (Å²) in [5.41, 5.74) is 2.48. The number of H-pyrrole nitrogens is 1. The summed E-state index contributed by atoms with van der Waals surface area (Å²) in [6, 6.07) is -0.743. The van der Waals surface area contributed by atoms with Gasteiger partial charge in [0.05, 0.1) is 30.0 Å². The number of hydrogen-bond donors (Lipinski definition) is 1. The van der Waals surface area contributed by atoms with Crippen LogP contribution in [0.3, 0.4) is 0 Å². The first kappa shape index (κ1) is 16.6. The van der Waals surface area contributed by atoms with Gasteiger partial charge < -0.3 is 19.2 Å². The van der Waals surface area contributed by atoms with Crippen molar-refractivity contribution in [3.05, 3.63) is 59.2 Å². The summed E-state index contributed by atoms with van der Waals surface area (Å²) in [5.74, 6) is -0.191. The number of aromatic nitrogens is 3. The molecule has 8 heteroatoms. The molecule has 1 unspecified atom stereocenters. The van der Waals surface area contributed by atoms with Crippen LogP contribution in [0.15, 0.2) is 34.9 Å². The molecule has 26 heavy (non-hydrogen) atoms. The maximum atomic E-state index is 14.3. The van der Waals surface area contributed by atoms with Gasteiger partial charge in [-0.1, -0.05) is 6.92 Å². The zero-order valence-electron chi connectivity index (χ0n) is 14.7. The summed E-state index contributed by atoms with van der Waals surface area (Å²) in [6.07, 6.45) is 7.62. The lowest BCUT2D eigenvalue weighted by Gasteiger charge is -2.26. The van der Waals surface area contributed by atoms with Crippen LogP contribution in [0.25, 0.3) is 0 Å². The fraction of sp³-hybridized carbons (Fsp3) is 0.389. The number of nitrogens with zero attached hydrogens (tertiary/aromatic N) is 4. The Labute approximate surface area is 150 Å². The molecular weight excluding hydrogens is 337 g/mol. The van der Waals surface area contributed by atoms with E-state index in [1.807, 2.05) is 6.92 Å². The number of aryl methyl sites for hydroxylation is 1. The van der Waals surface area contributed by atoms with Crippen molar-refractivity contribution in [3.8, 4) is 0 Å². The van der Waals surface area contributed by atoms with Gasteiger partial charge in [-0.3, -0.25) is 4.79 Å². The van der Waals surface area contributed by atoms with Crippen molar-refractivity contribution in [3.63, 3.8) is 0 Å². The molecule has 0 radical (unpaired) electrons. The summed E-state index contributed by atoms with van der Waals surface area (Å²) in [7, 11) is 1.75. The molecular formula is C18H20FN5O2. The highest BCUT2D eigenvalue weighted by atomic mass is 19.1. The van der Waals surface area contributed by atoms with Crippen LogP contribution in [0, 0.1) is 0 Å². The van der Waals surface area contributed by atoms with Crippen molar-refractivity contribution in [1.82, 2.24) is 24.8 Å². The summed E-state index contributed by atoms with van der Waals surface area (Å²) < 4.78 is 20.1. The normalized spacial score (nSPS) is 19.5. The fourth-order valence-corrected chi connectivity index (χ4v) is 3.36. The Balaban J connectivity index is 1.63. The highest BCUT2D eigenvalue weighted by Gasteiger charge is 2.32. The van der Waals surface area contributed by atoms with E-state index in [0.717, 1.165) is 11.4 Å². The molecule has 7 nitrogen and oxygen atoms in total. The number of oxazole rings is 1. The first-order valence-corrected chi connectivity index (χ1v) is 8.64. The van der Waals surface area contributed by atoms with E-state index < -0.39 is 6.04 Å². The number of aromatic amines is 1. The second-order valence-corrected chi connectivity index (χ2v) is 6.45. The third kappa shape index (κ3) is 2.71. The zero-order chi connectivity index (χ0) is 18.3. The number of hydrogen-bond acceptors (Lipinski definition) is 5. The van der Waals surface area contributed by atoms with Crippen molar-refractivity contribution in [2.24, 2.45) is 0 Å². The van der Waals surface area contributed by atoms with Crippen LogP contribution >= 0.6 is 0 Å². The van der Waals surface area contributed by atoms with Gasteiger partial charge in [-0.05, 0) is 24.8 Å². The van der Waals surface area contributed by atoms with Crippen LogP contribution in [0.4, 0.5) is 4.39 Å². The molecule has 4 heterocycles. The molecule has 2 aromatic rings. The van der Waals surface area contributed by atoms with Gasteiger partial charge in [0, 0.05) is 20.0 Å². The lowest BCUT2D eigenvalue weighted by Crippen LogP contribution is -2.36. The third-order valence-corrected chi connectivity index (χ3v) is 4.78. The summed E-state index contributed by atoms with van der Waals surface area (Å²) >= 11 is 0. The Bertz CT molecular complexity index is 897. The molecule has 0 saturated carbocycles. The average molecular weight is 357 g/mol. The van der Waals surface area contributed by atoms with E-state index in [1.165, 1.54) is 6.08 Å². The van der Waals surface area contributed by atoms with Gasteiger partial charge in [-0.25, -0.2) is 14.4 Å². The van der Waals surface area contributed by atoms with Crippen LogP contribution in [0.5, 0.6) is 0 Å². The van der Waals surface area contributed by atoms with E-state index in [0.29, 0.717) is 31.6 Å². The van der Waals surface area contributed by atoms with E-state index in [1.54, 1.807) is 35.5 Å². The van der Waals surface area contributed by atoms with Gasteiger partial charge in [-0.15, -0.1) is 0 Å². The Kier molecular flexibility index (Phi) is 4.10. The fourth-order valence-electron chi connectivity index (χ4n) is 3.36. The predicted octanol–water partition coefficient (Wildman–Crippen LogP) is 2.51. The number of allylic oxidation sites excluding steroid dienone is 2. The first-order valence-electron chi connectivity index (χ1n) is 8.64. The van der Waals surface area contributed by atoms with Crippen molar-refractivity contribution >= 4 is 5.91 Å². The topological polar surface area (TPSA) is 78.3 Å². The largest absolute Gasteiger partial charge is 0.432 e. The van der Waals surface area contributed by atoms with Gasteiger partial charge in [0.25, 0.3) is 5.91 Å². The van der Waals surface area contributed by atoms with E-state index in [-0.39, 0.29) is 23.4 Å². The minimum atomic E-state index is -0.743. The maximum Gasteiger partial charge on any atom is 0.291 e. The van der Waals surface area contributed by atoms with Crippen molar-refractivity contribution in [2.75, 3.05) is 13.6 Å². The number of nitrogens with one attached hydrogen (secondary N) is 1. The van der Waals surface area contributed by atoms with Crippen LogP contribution in [-0.2, 0) is 19.4 Å². The highest BCUT2D eigenvalue weighted by Crippen LogP contribution is 2.32. The molecule has 1 N–H and O–H groups in total. The summed E-state index contributed by atoms with van der Waals surface area (Å²) in [5, 5.41) is 0. The number of imidazole rings is 1. The van der Waals surface area contributed by atoms with E-state index >= 15 is 0 Å². The molecule has 2 aromatic heterocycles. The number of halogens is 1. The third-order valence-electron chi connectivity index (χ3n) is 4.78. The quantitative estimate of drug-likeness (QED) is 0.913. The molecule has 0 aromatic carbocycles. The Morgan fingerprint density at radius 3 is 3.12 bits per heavy atom. The molecule has 0 fully saturated rings. The molecule has 0 aliphatic carbocycles. The molecule has 4 rings (SSSR count). The first-order chi connectivity index (χ1) is 12.6. The lowest BCUT2D eigenvalue weighted by molar-refractivity contribution is 0.0693. The molecule has 2 aliphatic rings. The van der Waals surface area contributed by atoms with Crippen molar-refractivity contribution < 1.29 is 13.6 Å². The Morgan fingerprint density at radius 2 is 2.35 bits per heavy atom. The summed E-state index contributed by atoms with van der Waals surface area (Å²) in [6.45, 7) is 2.92. The molecule has 1 amide bonds. The Morgan fingerprint density at radius 1 is 1.50 bits per heavy atom. The van der Waals surface area contributed by atoms with Crippen molar-refractivity contribution in [1.29, 1.82) is 0 Å². The average Bonchev–Trinajstić information content (AvgIpc) is 3.27. The number of rotatable bonds is 3. The van der Waals surface area contributed by atoms with Gasteiger partial charge >= 0.3 is 0 Å². The number of likely N-dealkylation sites (N-methyl/N-ethyl adjacent to an activating group) is 1. The van der Waals surface area contributed by atoms with E-state index in [4.69, 9.17) is 4.42 Å². The minimum absolute atomic E-state index is 0.196. The standard InChI is InChI=1S/C18H20FN5O2/c1-3-12-16(18(25)24-8-6-13-14(9-24)21-10-20-13)26-17(22-12)15-11(19)5-4-7-23(15)2/h4-5,7,10,15H,3,6,8-9H2,1-2H3,(H,20,21). The van der Waals surface area contributed by atoms with Crippen LogP contribution in [0.1, 0.15) is 46.5 Å². The highest BCUT2D eigenvalue weighted by molar-refractivity contribution is 5.92. The molecule has 0 spiro atoms. The SMILES string of the molecule is CCc1nc(C2C(F)=CC=CN2C)oc1C(=O)N1CCc2nc[nH]c2C1. The van der Waals surface area contributed by atoms with Crippen LogP contribution < -0.4 is 0 Å². The van der Waals surface area contributed by atoms with Gasteiger partial charge in [0.1, 0.15) is 5.83 Å². The lowest BCUT2D eigenvalue weighted by atomic mass is 10.1. The maximum absolute atomic E-state index is 14.3. The predicted molar refractivity (Wildman–Crippen MR) is 91.7 cm³/mol. The van der Waals surface area contributed by atoms with E-state index in [9.17, 15) is 9.18 Å². The molecule has 1 atom stereocenters. The van der Waals surface area contributed by atoms with Gasteiger partial charge in [0.2, 0.25) is 11.7 Å². The van der Waals surface area contributed by atoms with Gasteiger partial charge in [0.15, 0.2) is 6.04 Å². The Hall–Kier alpha value is -2.90. The second kappa shape index (κ2) is 6.44.